The Morgan fingerprint density at radius 1 is 1.53 bits per heavy atom. The molecule has 0 aromatic carbocycles. The largest absolute Gasteiger partial charge is 0.481 e. The number of hydrogen-bond donors (Lipinski definition) is 1. The lowest BCUT2D eigenvalue weighted by atomic mass is 10.2. The fourth-order valence-corrected chi connectivity index (χ4v) is 2.09. The third-order valence-corrected chi connectivity index (χ3v) is 3.07. The summed E-state index contributed by atoms with van der Waals surface area (Å²) in [6.45, 7) is 2.50. The third kappa shape index (κ3) is 3.01. The van der Waals surface area contributed by atoms with Gasteiger partial charge < -0.3 is 15.0 Å². The van der Waals surface area contributed by atoms with Crippen LogP contribution in [-0.2, 0) is 16.1 Å². The van der Waals surface area contributed by atoms with Crippen molar-refractivity contribution in [1.82, 2.24) is 15.2 Å². The number of nitrogens with zero attached hydrogens (tertiary/aromatic N) is 2. The second-order valence-electron chi connectivity index (χ2n) is 4.47. The zero-order valence-corrected chi connectivity index (χ0v) is 11.0. The minimum absolute atomic E-state index is 0.0863. The number of rotatable bonds is 3. The summed E-state index contributed by atoms with van der Waals surface area (Å²) in [4.78, 5) is 29.3. The molecule has 0 saturated carbocycles. The van der Waals surface area contributed by atoms with Crippen LogP contribution in [0.1, 0.15) is 18.9 Å². The molecule has 2 rings (SSSR count). The molecular weight excluding hydrogens is 246 g/mol. The van der Waals surface area contributed by atoms with Gasteiger partial charge in [-0.05, 0) is 13.0 Å². The summed E-state index contributed by atoms with van der Waals surface area (Å²) in [5, 5.41) is 2.66. The average Bonchev–Trinajstić information content (AvgIpc) is 2.53. The number of hydrogen-bond acceptors (Lipinski definition) is 4. The number of aromatic nitrogens is 1. The van der Waals surface area contributed by atoms with E-state index in [2.05, 4.69) is 10.3 Å². The van der Waals surface area contributed by atoms with E-state index in [1.165, 1.54) is 0 Å². The van der Waals surface area contributed by atoms with E-state index in [-0.39, 0.29) is 11.8 Å². The molecule has 1 aliphatic heterocycles. The number of methoxy groups -OCH3 is 1. The predicted octanol–water partition coefficient (Wildman–Crippen LogP) is 0.327. The van der Waals surface area contributed by atoms with Crippen molar-refractivity contribution >= 4 is 11.8 Å². The molecule has 1 aromatic heterocycles. The van der Waals surface area contributed by atoms with Crippen LogP contribution in [0.25, 0.3) is 0 Å². The first-order chi connectivity index (χ1) is 9.11. The van der Waals surface area contributed by atoms with E-state index in [9.17, 15) is 9.59 Å². The van der Waals surface area contributed by atoms with Gasteiger partial charge in [-0.15, -0.1) is 0 Å². The molecule has 0 spiro atoms. The number of carbonyl (C=O) groups is 2. The first-order valence-corrected chi connectivity index (χ1v) is 6.18. The molecule has 2 heterocycles. The maximum Gasteiger partial charge on any atom is 0.245 e. The van der Waals surface area contributed by atoms with Crippen LogP contribution in [0.3, 0.4) is 0 Å². The molecule has 1 unspecified atom stereocenters. The van der Waals surface area contributed by atoms with E-state index in [1.54, 1.807) is 31.2 Å². The Hall–Kier alpha value is -2.11. The molecular formula is C13H17N3O3. The quantitative estimate of drug-likeness (QED) is 0.853. The Morgan fingerprint density at radius 2 is 2.32 bits per heavy atom. The highest BCUT2D eigenvalue weighted by Crippen LogP contribution is 2.17. The van der Waals surface area contributed by atoms with Gasteiger partial charge in [-0.2, -0.15) is 0 Å². The zero-order chi connectivity index (χ0) is 13.8. The van der Waals surface area contributed by atoms with Gasteiger partial charge in [0.05, 0.1) is 13.7 Å². The topological polar surface area (TPSA) is 71.5 Å². The van der Waals surface area contributed by atoms with Crippen molar-refractivity contribution < 1.29 is 14.3 Å². The Labute approximate surface area is 111 Å². The van der Waals surface area contributed by atoms with Gasteiger partial charge in [-0.25, -0.2) is 4.98 Å². The van der Waals surface area contributed by atoms with E-state index in [1.807, 2.05) is 6.07 Å². The zero-order valence-electron chi connectivity index (χ0n) is 11.0. The van der Waals surface area contributed by atoms with Gasteiger partial charge in [-0.3, -0.25) is 9.59 Å². The molecule has 1 aromatic rings. The van der Waals surface area contributed by atoms with E-state index in [0.717, 1.165) is 5.56 Å². The lowest BCUT2D eigenvalue weighted by Gasteiger charge is -2.22. The first-order valence-electron chi connectivity index (χ1n) is 6.18. The Morgan fingerprint density at radius 3 is 3.05 bits per heavy atom. The molecule has 1 aliphatic rings. The minimum Gasteiger partial charge on any atom is -0.481 e. The third-order valence-electron chi connectivity index (χ3n) is 3.07. The summed E-state index contributed by atoms with van der Waals surface area (Å²) in [5.41, 5.74) is 0.833. The molecule has 0 aliphatic carbocycles. The molecule has 1 atom stereocenters. The van der Waals surface area contributed by atoms with E-state index in [4.69, 9.17) is 4.74 Å². The molecule has 19 heavy (non-hydrogen) atoms. The molecule has 1 N–H and O–H groups in total. The second kappa shape index (κ2) is 5.69. The van der Waals surface area contributed by atoms with Crippen molar-refractivity contribution in [3.63, 3.8) is 0 Å². The summed E-state index contributed by atoms with van der Waals surface area (Å²) in [6, 6.07) is 3.18. The molecule has 1 fully saturated rings. The van der Waals surface area contributed by atoms with Gasteiger partial charge in [0.2, 0.25) is 17.7 Å². The summed E-state index contributed by atoms with van der Waals surface area (Å²) in [6.07, 6.45) is 1.96. The molecule has 6 heteroatoms. The lowest BCUT2D eigenvalue weighted by molar-refractivity contribution is -0.133. The Bertz CT molecular complexity index is 490. The van der Waals surface area contributed by atoms with Crippen LogP contribution in [-0.4, -0.2) is 41.4 Å². The SMILES string of the molecule is COc1ncccc1CN1CCC(=O)NC(C)C1=O. The normalized spacial score (nSPS) is 19.9. The van der Waals surface area contributed by atoms with Gasteiger partial charge in [-0.1, -0.05) is 6.07 Å². The second-order valence-corrected chi connectivity index (χ2v) is 4.47. The number of pyridine rings is 1. The van der Waals surface area contributed by atoms with Crippen LogP contribution in [0.2, 0.25) is 0 Å². The van der Waals surface area contributed by atoms with E-state index < -0.39 is 6.04 Å². The number of nitrogens with one attached hydrogen (secondary N) is 1. The molecule has 1 saturated heterocycles. The number of ether oxygens (including phenoxy) is 1. The minimum atomic E-state index is -0.488. The average molecular weight is 263 g/mol. The fraction of sp³-hybridized carbons (Fsp3) is 0.462. The summed E-state index contributed by atoms with van der Waals surface area (Å²) in [5.74, 6) is 0.324. The standard InChI is InChI=1S/C13H17N3O3/c1-9-13(18)16(7-5-11(17)15-9)8-10-4-3-6-14-12(10)19-2/h3-4,6,9H,5,7-8H2,1-2H3,(H,15,17). The predicted molar refractivity (Wildman–Crippen MR) is 68.4 cm³/mol. The van der Waals surface area contributed by atoms with Gasteiger partial charge in [0.1, 0.15) is 6.04 Å². The summed E-state index contributed by atoms with van der Waals surface area (Å²) < 4.78 is 5.17. The summed E-state index contributed by atoms with van der Waals surface area (Å²) in [7, 11) is 1.55. The fourth-order valence-electron chi connectivity index (χ4n) is 2.09. The smallest absolute Gasteiger partial charge is 0.245 e. The number of amides is 2. The van der Waals surface area contributed by atoms with Crippen molar-refractivity contribution in [2.75, 3.05) is 13.7 Å². The lowest BCUT2D eigenvalue weighted by Crippen LogP contribution is -2.42. The van der Waals surface area contributed by atoms with E-state index in [0.29, 0.717) is 25.4 Å². The highest BCUT2D eigenvalue weighted by atomic mass is 16.5. The van der Waals surface area contributed by atoms with Crippen molar-refractivity contribution in [2.24, 2.45) is 0 Å². The monoisotopic (exact) mass is 263 g/mol. The van der Waals surface area contributed by atoms with Crippen molar-refractivity contribution in [2.45, 2.75) is 25.9 Å². The molecule has 6 nitrogen and oxygen atoms in total. The molecule has 0 bridgehead atoms. The van der Waals surface area contributed by atoms with Gasteiger partial charge in [0.25, 0.3) is 0 Å². The van der Waals surface area contributed by atoms with Crippen molar-refractivity contribution in [3.05, 3.63) is 23.9 Å². The maximum atomic E-state index is 12.1. The van der Waals surface area contributed by atoms with Crippen molar-refractivity contribution in [1.29, 1.82) is 0 Å². The highest BCUT2D eigenvalue weighted by Gasteiger charge is 2.27. The van der Waals surface area contributed by atoms with Crippen molar-refractivity contribution in [3.8, 4) is 5.88 Å². The molecule has 0 radical (unpaired) electrons. The van der Waals surface area contributed by atoms with Crippen LogP contribution in [0, 0.1) is 0 Å². The van der Waals surface area contributed by atoms with Crippen LogP contribution >= 0.6 is 0 Å². The maximum absolute atomic E-state index is 12.1. The van der Waals surface area contributed by atoms with Crippen LogP contribution in [0.5, 0.6) is 5.88 Å². The molecule has 2 amide bonds. The summed E-state index contributed by atoms with van der Waals surface area (Å²) >= 11 is 0. The highest BCUT2D eigenvalue weighted by molar-refractivity contribution is 5.89. The first kappa shape index (κ1) is 13.3. The van der Waals surface area contributed by atoms with Crippen LogP contribution < -0.4 is 10.1 Å². The van der Waals surface area contributed by atoms with Crippen LogP contribution in [0.15, 0.2) is 18.3 Å². The van der Waals surface area contributed by atoms with Crippen LogP contribution in [0.4, 0.5) is 0 Å². The van der Waals surface area contributed by atoms with Gasteiger partial charge in [0, 0.05) is 24.7 Å². The Balaban J connectivity index is 2.17. The molecule has 102 valence electrons. The van der Waals surface area contributed by atoms with Gasteiger partial charge >= 0.3 is 0 Å². The van der Waals surface area contributed by atoms with Gasteiger partial charge in [0.15, 0.2) is 0 Å². The number of carbonyl (C=O) groups excluding carboxylic acids is 2. The Kier molecular flexibility index (Phi) is 3.99. The van der Waals surface area contributed by atoms with E-state index >= 15 is 0 Å².